The van der Waals surface area contributed by atoms with Crippen LogP contribution in [0.5, 0.6) is 5.75 Å². The molecule has 0 saturated carbocycles. The Hall–Kier alpha value is -1.55. The quantitative estimate of drug-likeness (QED) is 0.895. The Balaban J connectivity index is 1.80. The molecule has 1 unspecified atom stereocenters. The second kappa shape index (κ2) is 5.68. The molecule has 1 saturated heterocycles. The van der Waals surface area contributed by atoms with E-state index >= 15 is 0 Å². The van der Waals surface area contributed by atoms with Gasteiger partial charge in [0.15, 0.2) is 0 Å². The first-order valence-electron chi connectivity index (χ1n) is 7.95. The Morgan fingerprint density at radius 3 is 3.00 bits per heavy atom. The first kappa shape index (κ1) is 14.4. The van der Waals surface area contributed by atoms with Gasteiger partial charge in [-0.25, -0.2) is 0 Å². The summed E-state index contributed by atoms with van der Waals surface area (Å²) in [6.07, 6.45) is 3.83. The van der Waals surface area contributed by atoms with Crippen molar-refractivity contribution < 1.29 is 9.90 Å². The lowest BCUT2D eigenvalue weighted by atomic mass is 9.80. The van der Waals surface area contributed by atoms with Gasteiger partial charge in [0.2, 0.25) is 5.91 Å². The number of rotatable bonds is 3. The summed E-state index contributed by atoms with van der Waals surface area (Å²) in [5.74, 6) is 0.581. The standard InChI is InChI=1S/C17H24N2O2/c1-2-6-17(7-8-18-12-17)16(21)19-9-5-13-3-4-15(20)10-14(13)11-19/h3-4,10,18,20H,2,5-9,11-12H2,1H3. The van der Waals surface area contributed by atoms with E-state index < -0.39 is 0 Å². The number of aromatic hydroxyl groups is 1. The van der Waals surface area contributed by atoms with Crippen LogP contribution in [0.2, 0.25) is 0 Å². The third kappa shape index (κ3) is 2.64. The van der Waals surface area contributed by atoms with Gasteiger partial charge in [0.25, 0.3) is 0 Å². The van der Waals surface area contributed by atoms with Crippen molar-refractivity contribution >= 4 is 5.91 Å². The van der Waals surface area contributed by atoms with Gasteiger partial charge in [-0.3, -0.25) is 4.79 Å². The Kier molecular flexibility index (Phi) is 3.89. The van der Waals surface area contributed by atoms with Crippen LogP contribution in [-0.2, 0) is 17.8 Å². The van der Waals surface area contributed by atoms with Crippen LogP contribution in [0.15, 0.2) is 18.2 Å². The molecule has 114 valence electrons. The highest BCUT2D eigenvalue weighted by Gasteiger charge is 2.43. The van der Waals surface area contributed by atoms with Gasteiger partial charge in [-0.1, -0.05) is 19.4 Å². The molecule has 4 nitrogen and oxygen atoms in total. The van der Waals surface area contributed by atoms with E-state index in [-0.39, 0.29) is 11.2 Å². The molecule has 2 aliphatic heterocycles. The minimum Gasteiger partial charge on any atom is -0.508 e. The summed E-state index contributed by atoms with van der Waals surface area (Å²) in [7, 11) is 0. The van der Waals surface area contributed by atoms with E-state index in [4.69, 9.17) is 0 Å². The maximum Gasteiger partial charge on any atom is 0.230 e. The third-order valence-corrected chi connectivity index (χ3v) is 4.92. The maximum atomic E-state index is 13.0. The minimum absolute atomic E-state index is 0.205. The van der Waals surface area contributed by atoms with Crippen molar-refractivity contribution in [1.29, 1.82) is 0 Å². The summed E-state index contributed by atoms with van der Waals surface area (Å²) in [5.41, 5.74) is 2.14. The van der Waals surface area contributed by atoms with E-state index in [9.17, 15) is 9.90 Å². The van der Waals surface area contributed by atoms with Crippen LogP contribution in [0.4, 0.5) is 0 Å². The molecule has 1 atom stereocenters. The number of hydrogen-bond acceptors (Lipinski definition) is 3. The Bertz CT molecular complexity index is 536. The van der Waals surface area contributed by atoms with Crippen LogP contribution in [0, 0.1) is 5.41 Å². The van der Waals surface area contributed by atoms with Crippen LogP contribution >= 0.6 is 0 Å². The zero-order chi connectivity index (χ0) is 14.9. The summed E-state index contributed by atoms with van der Waals surface area (Å²) < 4.78 is 0. The van der Waals surface area contributed by atoms with Crippen molar-refractivity contribution in [2.45, 2.75) is 39.2 Å². The molecule has 0 radical (unpaired) electrons. The van der Waals surface area contributed by atoms with Crippen molar-refractivity contribution in [3.63, 3.8) is 0 Å². The van der Waals surface area contributed by atoms with Gasteiger partial charge in [-0.2, -0.15) is 0 Å². The van der Waals surface area contributed by atoms with Crippen LogP contribution in [0.3, 0.4) is 0 Å². The molecular weight excluding hydrogens is 264 g/mol. The lowest BCUT2D eigenvalue weighted by molar-refractivity contribution is -0.142. The SMILES string of the molecule is CCCC1(C(=O)N2CCc3ccc(O)cc3C2)CCNC1. The van der Waals surface area contributed by atoms with Crippen molar-refractivity contribution in [3.05, 3.63) is 29.3 Å². The largest absolute Gasteiger partial charge is 0.508 e. The average molecular weight is 288 g/mol. The molecule has 1 aromatic carbocycles. The van der Waals surface area contributed by atoms with Gasteiger partial charge in [0.05, 0.1) is 5.41 Å². The van der Waals surface area contributed by atoms with Crippen LogP contribution in [-0.4, -0.2) is 35.5 Å². The Morgan fingerprint density at radius 2 is 2.29 bits per heavy atom. The minimum atomic E-state index is -0.205. The number of carbonyl (C=O) groups excluding carboxylic acids is 1. The molecule has 0 spiro atoms. The fourth-order valence-corrected chi connectivity index (χ4v) is 3.78. The monoisotopic (exact) mass is 288 g/mol. The normalized spacial score (nSPS) is 24.9. The van der Waals surface area contributed by atoms with Gasteiger partial charge in [-0.05, 0) is 49.1 Å². The van der Waals surface area contributed by atoms with Crippen molar-refractivity contribution in [2.24, 2.45) is 5.41 Å². The van der Waals surface area contributed by atoms with Gasteiger partial charge >= 0.3 is 0 Å². The van der Waals surface area contributed by atoms with E-state index in [0.717, 1.165) is 50.9 Å². The van der Waals surface area contributed by atoms with Gasteiger partial charge < -0.3 is 15.3 Å². The number of hydrogen-bond donors (Lipinski definition) is 2. The van der Waals surface area contributed by atoms with Gasteiger partial charge in [0.1, 0.15) is 5.75 Å². The van der Waals surface area contributed by atoms with Gasteiger partial charge in [0, 0.05) is 19.6 Å². The molecule has 1 amide bonds. The Labute approximate surface area is 126 Å². The summed E-state index contributed by atoms with van der Waals surface area (Å²) in [6.45, 7) is 5.33. The van der Waals surface area contributed by atoms with Crippen molar-refractivity contribution in [3.8, 4) is 5.75 Å². The van der Waals surface area contributed by atoms with E-state index in [0.29, 0.717) is 12.5 Å². The number of benzene rings is 1. The molecule has 21 heavy (non-hydrogen) atoms. The molecule has 4 heteroatoms. The lowest BCUT2D eigenvalue weighted by Gasteiger charge is -2.36. The second-order valence-corrected chi connectivity index (χ2v) is 6.39. The predicted molar refractivity (Wildman–Crippen MR) is 82.1 cm³/mol. The molecule has 1 fully saturated rings. The second-order valence-electron chi connectivity index (χ2n) is 6.39. The molecule has 2 N–H and O–H groups in total. The summed E-state index contributed by atoms with van der Waals surface area (Å²) in [5, 5.41) is 13.0. The zero-order valence-electron chi connectivity index (χ0n) is 12.7. The fourth-order valence-electron chi connectivity index (χ4n) is 3.78. The number of amides is 1. The third-order valence-electron chi connectivity index (χ3n) is 4.92. The number of fused-ring (bicyclic) bond motifs is 1. The molecule has 2 aliphatic rings. The molecule has 0 aliphatic carbocycles. The first-order chi connectivity index (χ1) is 10.1. The predicted octanol–water partition coefficient (Wildman–Crippen LogP) is 2.06. The number of phenolic OH excluding ortho intramolecular Hbond substituents is 1. The molecular formula is C17H24N2O2. The molecule has 0 aromatic heterocycles. The molecule has 0 bridgehead atoms. The molecule has 3 rings (SSSR count). The van der Waals surface area contributed by atoms with Crippen LogP contribution in [0.1, 0.15) is 37.3 Å². The highest BCUT2D eigenvalue weighted by Crippen LogP contribution is 2.35. The van der Waals surface area contributed by atoms with Crippen LogP contribution < -0.4 is 5.32 Å². The summed E-state index contributed by atoms with van der Waals surface area (Å²) in [6, 6.07) is 5.51. The topological polar surface area (TPSA) is 52.6 Å². The van der Waals surface area contributed by atoms with Crippen molar-refractivity contribution in [2.75, 3.05) is 19.6 Å². The Morgan fingerprint density at radius 1 is 1.43 bits per heavy atom. The number of nitrogens with one attached hydrogen (secondary N) is 1. The van der Waals surface area contributed by atoms with Gasteiger partial charge in [-0.15, -0.1) is 0 Å². The lowest BCUT2D eigenvalue weighted by Crippen LogP contribution is -2.47. The summed E-state index contributed by atoms with van der Waals surface area (Å²) in [4.78, 5) is 15.0. The first-order valence-corrected chi connectivity index (χ1v) is 7.95. The maximum absolute atomic E-state index is 13.0. The number of phenols is 1. The van der Waals surface area contributed by atoms with E-state index in [2.05, 4.69) is 12.2 Å². The van der Waals surface area contributed by atoms with E-state index in [1.807, 2.05) is 11.0 Å². The van der Waals surface area contributed by atoms with Crippen molar-refractivity contribution in [1.82, 2.24) is 10.2 Å². The highest BCUT2D eigenvalue weighted by molar-refractivity contribution is 5.83. The summed E-state index contributed by atoms with van der Waals surface area (Å²) >= 11 is 0. The number of nitrogens with zero attached hydrogens (tertiary/aromatic N) is 1. The molecule has 2 heterocycles. The zero-order valence-corrected chi connectivity index (χ0v) is 12.7. The van der Waals surface area contributed by atoms with E-state index in [1.165, 1.54) is 5.56 Å². The van der Waals surface area contributed by atoms with E-state index in [1.54, 1.807) is 12.1 Å². The smallest absolute Gasteiger partial charge is 0.230 e. The average Bonchev–Trinajstić information content (AvgIpc) is 2.96. The van der Waals surface area contributed by atoms with Crippen LogP contribution in [0.25, 0.3) is 0 Å². The number of carbonyl (C=O) groups is 1. The molecule has 1 aromatic rings. The highest BCUT2D eigenvalue weighted by atomic mass is 16.3. The fraction of sp³-hybridized carbons (Fsp3) is 0.588.